The molecule has 0 N–H and O–H groups in total. The van der Waals surface area contributed by atoms with Crippen LogP contribution in [-0.4, -0.2) is 48.3 Å². The number of halogens is 4. The maximum Gasteiger partial charge on any atom is 0.485 e. The summed E-state index contributed by atoms with van der Waals surface area (Å²) in [5.41, 5.74) is -4.45. The van der Waals surface area contributed by atoms with Crippen molar-refractivity contribution in [2.75, 3.05) is 13.1 Å². The molecule has 1 fully saturated rings. The van der Waals surface area contributed by atoms with E-state index in [9.17, 15) is 21.6 Å². The number of imidazole rings is 1. The molecular formula is C16H19ClF3N3O5S2. The Morgan fingerprint density at radius 3 is 2.17 bits per heavy atom. The van der Waals surface area contributed by atoms with Gasteiger partial charge in [-0.2, -0.15) is 25.9 Å². The first kappa shape index (κ1) is 24.6. The van der Waals surface area contributed by atoms with Crippen LogP contribution in [0.3, 0.4) is 0 Å². The predicted octanol–water partition coefficient (Wildman–Crippen LogP) is 1.99. The Labute approximate surface area is 177 Å². The lowest BCUT2D eigenvalue weighted by atomic mass is 9.90. The molecule has 1 aliphatic rings. The summed E-state index contributed by atoms with van der Waals surface area (Å²) in [5.74, 6) is 0.367. The summed E-state index contributed by atoms with van der Waals surface area (Å²) in [6.07, 6.45) is 6.48. The number of piperidine rings is 1. The van der Waals surface area contributed by atoms with Crippen molar-refractivity contribution in [3.8, 4) is 0 Å². The van der Waals surface area contributed by atoms with Crippen molar-refractivity contribution < 1.29 is 39.1 Å². The third-order valence-corrected chi connectivity index (χ3v) is 6.96. The molecule has 8 nitrogen and oxygen atoms in total. The summed E-state index contributed by atoms with van der Waals surface area (Å²) in [5, 5.41) is 0.729. The van der Waals surface area contributed by atoms with E-state index in [1.165, 1.54) is 9.54 Å². The smallest absolute Gasteiger partial charge is 0.485 e. The van der Waals surface area contributed by atoms with E-state index in [1.807, 2.05) is 18.2 Å². The van der Waals surface area contributed by atoms with E-state index >= 15 is 0 Å². The highest BCUT2D eigenvalue weighted by atomic mass is 35.5. The maximum atomic E-state index is 12.6. The molecule has 0 aliphatic carbocycles. The molecule has 14 heteroatoms. The second kappa shape index (κ2) is 9.22. The topological polar surface area (TPSA) is 103 Å². The van der Waals surface area contributed by atoms with Crippen LogP contribution in [-0.2, 0) is 27.4 Å². The molecule has 0 spiro atoms. The number of benzene rings is 1. The van der Waals surface area contributed by atoms with Crippen LogP contribution < -0.4 is 4.57 Å². The van der Waals surface area contributed by atoms with E-state index in [0.717, 1.165) is 17.9 Å². The van der Waals surface area contributed by atoms with Gasteiger partial charge in [-0.05, 0) is 36.5 Å². The van der Waals surface area contributed by atoms with E-state index in [-0.39, 0.29) is 0 Å². The summed E-state index contributed by atoms with van der Waals surface area (Å²) < 4.78 is 88.5. The molecule has 30 heavy (non-hydrogen) atoms. The third kappa shape index (κ3) is 6.17. The molecule has 168 valence electrons. The summed E-state index contributed by atoms with van der Waals surface area (Å²) >= 11 is 6.04. The first-order valence-corrected chi connectivity index (χ1v) is 11.7. The fraction of sp³-hybridized carbons (Fsp3) is 0.438. The number of rotatable bonds is 3. The minimum absolute atomic E-state index is 0.367. The second-order valence-electron chi connectivity index (χ2n) is 6.54. The normalized spacial score (nSPS) is 16.7. The zero-order chi connectivity index (χ0) is 22.7. The van der Waals surface area contributed by atoms with Gasteiger partial charge in [0.05, 0.1) is 7.05 Å². The van der Waals surface area contributed by atoms with E-state index in [4.69, 9.17) is 24.6 Å². The number of aryl methyl sites for hydroxylation is 1. The maximum absolute atomic E-state index is 12.6. The van der Waals surface area contributed by atoms with Gasteiger partial charge in [0, 0.05) is 18.1 Å². The van der Waals surface area contributed by atoms with E-state index in [1.54, 1.807) is 34.6 Å². The molecule has 0 atom stereocenters. The molecule has 0 unspecified atom stereocenters. The van der Waals surface area contributed by atoms with Crippen LogP contribution in [0.1, 0.15) is 24.3 Å². The SMILES string of the molecule is C[n+]1ccn(S(=O)(=O)N2CCC(c3cccc(Cl)c3)CC2)c1.O=S(=O)([O-])C(F)(F)F. The van der Waals surface area contributed by atoms with Gasteiger partial charge in [-0.25, -0.2) is 13.0 Å². The van der Waals surface area contributed by atoms with Crippen molar-refractivity contribution in [2.24, 2.45) is 7.05 Å². The largest absolute Gasteiger partial charge is 0.741 e. The Morgan fingerprint density at radius 2 is 1.73 bits per heavy atom. The molecule has 0 amide bonds. The van der Waals surface area contributed by atoms with Gasteiger partial charge in [-0.15, -0.1) is 3.97 Å². The van der Waals surface area contributed by atoms with Crippen LogP contribution in [0.4, 0.5) is 13.2 Å². The van der Waals surface area contributed by atoms with Crippen molar-refractivity contribution in [3.05, 3.63) is 53.6 Å². The molecule has 0 saturated carbocycles. The van der Waals surface area contributed by atoms with Gasteiger partial charge in [0.15, 0.2) is 10.1 Å². The molecule has 2 aromatic rings. The van der Waals surface area contributed by atoms with Gasteiger partial charge in [0.1, 0.15) is 12.4 Å². The first-order chi connectivity index (χ1) is 13.7. The molecule has 0 radical (unpaired) electrons. The summed E-state index contributed by atoms with van der Waals surface area (Å²) in [6, 6.07) is 7.84. The zero-order valence-electron chi connectivity index (χ0n) is 15.7. The Balaban J connectivity index is 0.000000343. The Morgan fingerprint density at radius 1 is 1.17 bits per heavy atom. The van der Waals surface area contributed by atoms with Crippen LogP contribution in [0.5, 0.6) is 0 Å². The molecule has 1 aliphatic heterocycles. The van der Waals surface area contributed by atoms with Crippen molar-refractivity contribution >= 4 is 31.9 Å². The number of alkyl halides is 3. The Hall–Kier alpha value is -1.67. The van der Waals surface area contributed by atoms with Gasteiger partial charge in [-0.3, -0.25) is 0 Å². The average molecular weight is 490 g/mol. The predicted molar refractivity (Wildman–Crippen MR) is 101 cm³/mol. The van der Waals surface area contributed by atoms with Gasteiger partial charge in [-0.1, -0.05) is 23.7 Å². The van der Waals surface area contributed by atoms with Crippen LogP contribution in [0.25, 0.3) is 0 Å². The highest BCUT2D eigenvalue weighted by Crippen LogP contribution is 2.30. The van der Waals surface area contributed by atoms with Gasteiger partial charge >= 0.3 is 15.7 Å². The van der Waals surface area contributed by atoms with Crippen LogP contribution in [0.2, 0.25) is 5.02 Å². The van der Waals surface area contributed by atoms with E-state index < -0.39 is 25.8 Å². The first-order valence-electron chi connectivity index (χ1n) is 8.53. The lowest BCUT2D eigenvalue weighted by molar-refractivity contribution is -0.670. The minimum atomic E-state index is -6.09. The summed E-state index contributed by atoms with van der Waals surface area (Å²) in [7, 11) is -7.74. The molecule has 2 heterocycles. The van der Waals surface area contributed by atoms with Gasteiger partial charge in [0.25, 0.3) is 6.33 Å². The summed E-state index contributed by atoms with van der Waals surface area (Å²) in [4.78, 5) is 0. The lowest BCUT2D eigenvalue weighted by Crippen LogP contribution is -2.41. The van der Waals surface area contributed by atoms with Crippen LogP contribution >= 0.6 is 11.6 Å². The van der Waals surface area contributed by atoms with E-state index in [2.05, 4.69) is 6.07 Å². The highest BCUT2D eigenvalue weighted by molar-refractivity contribution is 7.87. The van der Waals surface area contributed by atoms with Crippen molar-refractivity contribution in [2.45, 2.75) is 24.3 Å². The molecule has 0 bridgehead atoms. The van der Waals surface area contributed by atoms with Crippen molar-refractivity contribution in [1.82, 2.24) is 8.28 Å². The van der Waals surface area contributed by atoms with Crippen molar-refractivity contribution in [3.63, 3.8) is 0 Å². The Kier molecular flexibility index (Phi) is 7.56. The van der Waals surface area contributed by atoms with E-state index in [0.29, 0.717) is 19.0 Å². The fourth-order valence-corrected chi connectivity index (χ4v) is 4.49. The summed E-state index contributed by atoms with van der Waals surface area (Å²) in [6.45, 7) is 1.06. The Bertz CT molecular complexity index is 1080. The molecule has 3 rings (SSSR count). The van der Waals surface area contributed by atoms with Crippen LogP contribution in [0, 0.1) is 0 Å². The van der Waals surface area contributed by atoms with Gasteiger partial charge < -0.3 is 4.55 Å². The lowest BCUT2D eigenvalue weighted by Gasteiger charge is -2.29. The third-order valence-electron chi connectivity index (χ3n) is 4.39. The number of aromatic nitrogens is 2. The zero-order valence-corrected chi connectivity index (χ0v) is 18.0. The standard InChI is InChI=1S/C15H19ClN3O2S.CHF3O3S/c1-17-9-10-19(12-17)22(20,21)18-7-5-13(6-8-18)14-3-2-4-15(16)11-14;2-1(3,4)8(5,6)7/h2-4,9-13H,5-8H2,1H3;(H,5,6,7)/q+1;/p-1. The number of nitrogens with zero attached hydrogens (tertiary/aromatic N) is 3. The number of hydrogen-bond acceptors (Lipinski definition) is 5. The highest BCUT2D eigenvalue weighted by Gasteiger charge is 2.37. The minimum Gasteiger partial charge on any atom is -0.741 e. The van der Waals surface area contributed by atoms with Crippen molar-refractivity contribution in [1.29, 1.82) is 0 Å². The molecule has 1 saturated heterocycles. The molecule has 1 aromatic heterocycles. The quantitative estimate of drug-likeness (QED) is 0.372. The molecular weight excluding hydrogens is 471 g/mol. The monoisotopic (exact) mass is 489 g/mol. The average Bonchev–Trinajstić information content (AvgIpc) is 3.08. The second-order valence-corrected chi connectivity index (χ2v) is 10.2. The number of hydrogen-bond donors (Lipinski definition) is 0. The molecule has 1 aromatic carbocycles. The fourth-order valence-electron chi connectivity index (χ4n) is 2.88. The van der Waals surface area contributed by atoms with Crippen LogP contribution in [0.15, 0.2) is 43.0 Å². The van der Waals surface area contributed by atoms with Gasteiger partial charge in [0.2, 0.25) is 0 Å².